The summed E-state index contributed by atoms with van der Waals surface area (Å²) in [5, 5.41) is 3.65. The van der Waals surface area contributed by atoms with Crippen molar-refractivity contribution in [3.05, 3.63) is 0 Å². The van der Waals surface area contributed by atoms with E-state index in [2.05, 4.69) is 22.0 Å². The summed E-state index contributed by atoms with van der Waals surface area (Å²) in [7, 11) is 0. The fourth-order valence-corrected chi connectivity index (χ4v) is 2.89. The zero-order valence-corrected chi connectivity index (χ0v) is 11.9. The predicted molar refractivity (Wildman–Crippen MR) is 75.0 cm³/mol. The van der Waals surface area contributed by atoms with Crippen LogP contribution in [0, 0.1) is 0 Å². The van der Waals surface area contributed by atoms with Gasteiger partial charge in [0.2, 0.25) is 0 Å². The molecular weight excluding hydrogens is 226 g/mol. The van der Waals surface area contributed by atoms with Crippen molar-refractivity contribution in [3.63, 3.8) is 0 Å². The van der Waals surface area contributed by atoms with E-state index in [1.807, 2.05) is 0 Å². The maximum atomic E-state index is 5.36. The third kappa shape index (κ3) is 5.22. The number of ether oxygens (including phenoxy) is 1. The fourth-order valence-electron chi connectivity index (χ4n) is 2.89. The number of rotatable bonds is 6. The van der Waals surface area contributed by atoms with Crippen molar-refractivity contribution in [1.82, 2.24) is 15.1 Å². The Labute approximate surface area is 112 Å². The van der Waals surface area contributed by atoms with Gasteiger partial charge in [-0.3, -0.25) is 4.90 Å². The highest BCUT2D eigenvalue weighted by atomic mass is 16.5. The van der Waals surface area contributed by atoms with Gasteiger partial charge >= 0.3 is 0 Å². The molecule has 2 rings (SSSR count). The van der Waals surface area contributed by atoms with E-state index in [1.54, 1.807) is 0 Å². The van der Waals surface area contributed by atoms with Gasteiger partial charge in [-0.05, 0) is 32.9 Å². The Morgan fingerprint density at radius 1 is 1.00 bits per heavy atom. The molecule has 0 aromatic carbocycles. The molecule has 0 aromatic heterocycles. The summed E-state index contributed by atoms with van der Waals surface area (Å²) >= 11 is 0. The van der Waals surface area contributed by atoms with Gasteiger partial charge in [-0.2, -0.15) is 0 Å². The van der Waals surface area contributed by atoms with E-state index in [-0.39, 0.29) is 0 Å². The Bertz CT molecular complexity index is 213. The average molecular weight is 255 g/mol. The standard InChI is InChI=1S/C14H29N3O/c1-14(13-17-6-3-2-4-7-17)15-5-8-16-9-11-18-12-10-16/h14-15H,2-13H2,1H3. The van der Waals surface area contributed by atoms with Crippen LogP contribution in [-0.2, 0) is 4.74 Å². The van der Waals surface area contributed by atoms with Crippen molar-refractivity contribution in [1.29, 1.82) is 0 Å². The molecule has 1 unspecified atom stereocenters. The average Bonchev–Trinajstić information content (AvgIpc) is 2.41. The third-order valence-corrected chi connectivity index (χ3v) is 4.01. The molecule has 0 radical (unpaired) electrons. The highest BCUT2D eigenvalue weighted by Crippen LogP contribution is 2.08. The number of morpholine rings is 1. The van der Waals surface area contributed by atoms with E-state index in [0.29, 0.717) is 6.04 Å². The van der Waals surface area contributed by atoms with Crippen molar-refractivity contribution >= 4 is 0 Å². The van der Waals surface area contributed by atoms with E-state index in [4.69, 9.17) is 4.74 Å². The smallest absolute Gasteiger partial charge is 0.0594 e. The van der Waals surface area contributed by atoms with Gasteiger partial charge in [-0.25, -0.2) is 0 Å². The molecule has 0 aliphatic carbocycles. The van der Waals surface area contributed by atoms with Gasteiger partial charge in [-0.15, -0.1) is 0 Å². The van der Waals surface area contributed by atoms with Crippen molar-refractivity contribution in [3.8, 4) is 0 Å². The van der Waals surface area contributed by atoms with E-state index in [1.165, 1.54) is 38.9 Å². The topological polar surface area (TPSA) is 27.7 Å². The summed E-state index contributed by atoms with van der Waals surface area (Å²) in [4.78, 5) is 5.10. The van der Waals surface area contributed by atoms with Gasteiger partial charge in [-0.1, -0.05) is 6.42 Å². The zero-order valence-electron chi connectivity index (χ0n) is 11.9. The summed E-state index contributed by atoms with van der Waals surface area (Å²) in [5.41, 5.74) is 0. The number of nitrogens with zero attached hydrogens (tertiary/aromatic N) is 2. The first-order valence-corrected chi connectivity index (χ1v) is 7.60. The summed E-state index contributed by atoms with van der Waals surface area (Å²) in [6.45, 7) is 12.4. The second-order valence-corrected chi connectivity index (χ2v) is 5.67. The van der Waals surface area contributed by atoms with Crippen LogP contribution in [0.3, 0.4) is 0 Å². The first-order valence-electron chi connectivity index (χ1n) is 7.60. The van der Waals surface area contributed by atoms with Gasteiger partial charge < -0.3 is 15.0 Å². The van der Waals surface area contributed by atoms with Crippen LogP contribution >= 0.6 is 0 Å². The van der Waals surface area contributed by atoms with Crippen LogP contribution < -0.4 is 5.32 Å². The molecule has 4 nitrogen and oxygen atoms in total. The molecule has 2 saturated heterocycles. The molecular formula is C14H29N3O. The van der Waals surface area contributed by atoms with Gasteiger partial charge in [0.25, 0.3) is 0 Å². The maximum absolute atomic E-state index is 5.36. The molecule has 1 atom stereocenters. The molecule has 0 amide bonds. The number of piperidine rings is 1. The first-order chi connectivity index (χ1) is 8.84. The number of hydrogen-bond acceptors (Lipinski definition) is 4. The third-order valence-electron chi connectivity index (χ3n) is 4.01. The summed E-state index contributed by atoms with van der Waals surface area (Å²) in [6, 6.07) is 0.615. The zero-order chi connectivity index (χ0) is 12.6. The maximum Gasteiger partial charge on any atom is 0.0594 e. The minimum absolute atomic E-state index is 0.615. The van der Waals surface area contributed by atoms with Crippen LogP contribution in [-0.4, -0.2) is 74.9 Å². The summed E-state index contributed by atoms with van der Waals surface area (Å²) in [5.74, 6) is 0. The highest BCUT2D eigenvalue weighted by Gasteiger charge is 2.14. The van der Waals surface area contributed by atoms with Crippen LogP contribution in [0.1, 0.15) is 26.2 Å². The molecule has 2 fully saturated rings. The molecule has 18 heavy (non-hydrogen) atoms. The van der Waals surface area contributed by atoms with Crippen LogP contribution in [0.25, 0.3) is 0 Å². The van der Waals surface area contributed by atoms with E-state index >= 15 is 0 Å². The molecule has 0 spiro atoms. The van der Waals surface area contributed by atoms with Crippen LogP contribution in [0.4, 0.5) is 0 Å². The van der Waals surface area contributed by atoms with E-state index < -0.39 is 0 Å². The van der Waals surface area contributed by atoms with Crippen LogP contribution in [0.5, 0.6) is 0 Å². The lowest BCUT2D eigenvalue weighted by Crippen LogP contribution is -2.45. The monoisotopic (exact) mass is 255 g/mol. The Morgan fingerprint density at radius 3 is 2.44 bits per heavy atom. The molecule has 4 heteroatoms. The Morgan fingerprint density at radius 2 is 1.72 bits per heavy atom. The van der Waals surface area contributed by atoms with Crippen molar-refractivity contribution in [2.75, 3.05) is 59.0 Å². The summed E-state index contributed by atoms with van der Waals surface area (Å²) in [6.07, 6.45) is 4.20. The molecule has 2 aliphatic rings. The lowest BCUT2D eigenvalue weighted by Gasteiger charge is -2.30. The van der Waals surface area contributed by atoms with Gasteiger partial charge in [0, 0.05) is 38.8 Å². The normalized spacial score (nSPS) is 25.2. The minimum atomic E-state index is 0.615. The Hall–Kier alpha value is -0.160. The molecule has 0 aromatic rings. The quantitative estimate of drug-likeness (QED) is 0.759. The lowest BCUT2D eigenvalue weighted by molar-refractivity contribution is 0.0380. The molecule has 0 saturated carbocycles. The highest BCUT2D eigenvalue weighted by molar-refractivity contribution is 4.72. The van der Waals surface area contributed by atoms with Crippen LogP contribution in [0.2, 0.25) is 0 Å². The largest absolute Gasteiger partial charge is 0.379 e. The lowest BCUT2D eigenvalue weighted by atomic mass is 10.1. The molecule has 1 N–H and O–H groups in total. The van der Waals surface area contributed by atoms with Gasteiger partial charge in [0.05, 0.1) is 13.2 Å². The second-order valence-electron chi connectivity index (χ2n) is 5.67. The molecule has 2 aliphatic heterocycles. The number of nitrogens with one attached hydrogen (secondary N) is 1. The summed E-state index contributed by atoms with van der Waals surface area (Å²) < 4.78 is 5.36. The van der Waals surface area contributed by atoms with Crippen LogP contribution in [0.15, 0.2) is 0 Å². The Balaban J connectivity index is 1.52. The number of likely N-dealkylation sites (tertiary alicyclic amines) is 1. The van der Waals surface area contributed by atoms with Gasteiger partial charge in [0.15, 0.2) is 0 Å². The Kier molecular flexibility index (Phi) is 6.41. The molecule has 0 bridgehead atoms. The SMILES string of the molecule is CC(CN1CCCCC1)NCCN1CCOCC1. The van der Waals surface area contributed by atoms with Crippen molar-refractivity contribution in [2.45, 2.75) is 32.2 Å². The predicted octanol–water partition coefficient (Wildman–Crippen LogP) is 0.783. The van der Waals surface area contributed by atoms with E-state index in [0.717, 1.165) is 39.4 Å². The van der Waals surface area contributed by atoms with Gasteiger partial charge in [0.1, 0.15) is 0 Å². The van der Waals surface area contributed by atoms with E-state index in [9.17, 15) is 0 Å². The fraction of sp³-hybridized carbons (Fsp3) is 1.00. The van der Waals surface area contributed by atoms with Crippen molar-refractivity contribution < 1.29 is 4.74 Å². The minimum Gasteiger partial charge on any atom is -0.379 e. The second kappa shape index (κ2) is 8.10. The number of hydrogen-bond donors (Lipinski definition) is 1. The first kappa shape index (κ1) is 14.3. The molecule has 106 valence electrons. The molecule has 2 heterocycles. The van der Waals surface area contributed by atoms with Crippen molar-refractivity contribution in [2.24, 2.45) is 0 Å².